The van der Waals surface area contributed by atoms with Gasteiger partial charge in [0.1, 0.15) is 31.0 Å². The average molecular weight is 494 g/mol. The van der Waals surface area contributed by atoms with Gasteiger partial charge in [0.2, 0.25) is 0 Å². The minimum Gasteiger partial charge on any atom is -0.462 e. The summed E-state index contributed by atoms with van der Waals surface area (Å²) in [6.07, 6.45) is -14.2. The van der Waals surface area contributed by atoms with Crippen LogP contribution < -0.4 is 0 Å². The van der Waals surface area contributed by atoms with Crippen molar-refractivity contribution < 1.29 is 67.7 Å². The minimum atomic E-state index is -1.72. The molecule has 0 amide bonds. The van der Waals surface area contributed by atoms with Crippen LogP contribution in [0.1, 0.15) is 34.6 Å². The maximum Gasteiger partial charge on any atom is 0.303 e. The molecule has 2 saturated heterocycles. The lowest BCUT2D eigenvalue weighted by atomic mass is 9.99. The fraction of sp³-hybridized carbons (Fsp3) is 0.800. The Bertz CT molecular complexity index is 756. The standard InChI is InChI=1S/C20H30O14/c1-7-15(13(25)14(26)19(27)29-7)33-20-18(32-11(5)24)17(31-10(4)23)16(34-20)12(30-9(3)22)6-28-8(2)21/h7,12-20,25-27H,6H2,1-5H3/t7-,12?,13-,14+,15-,16-,17-,18+,19+,20+/m0/s1. The molecule has 0 aromatic rings. The molecule has 0 aromatic heterocycles. The molecule has 3 N–H and O–H groups in total. The van der Waals surface area contributed by atoms with Gasteiger partial charge in [-0.15, -0.1) is 0 Å². The zero-order valence-electron chi connectivity index (χ0n) is 19.3. The zero-order valence-corrected chi connectivity index (χ0v) is 19.3. The Balaban J connectivity index is 2.38. The van der Waals surface area contributed by atoms with Gasteiger partial charge in [-0.2, -0.15) is 0 Å². The molecule has 14 heteroatoms. The molecule has 2 aliphatic rings. The van der Waals surface area contributed by atoms with Crippen LogP contribution in [0.2, 0.25) is 0 Å². The summed E-state index contributed by atoms with van der Waals surface area (Å²) in [5.74, 6) is -3.05. The Hall–Kier alpha value is -2.36. The highest BCUT2D eigenvalue weighted by Crippen LogP contribution is 2.34. The Morgan fingerprint density at radius 3 is 1.91 bits per heavy atom. The number of ether oxygens (including phenoxy) is 7. The minimum absolute atomic E-state index is 0.479. The average Bonchev–Trinajstić information content (AvgIpc) is 3.02. The van der Waals surface area contributed by atoms with Gasteiger partial charge in [0.15, 0.2) is 30.9 Å². The summed E-state index contributed by atoms with van der Waals surface area (Å²) in [6, 6.07) is 0. The summed E-state index contributed by atoms with van der Waals surface area (Å²) in [4.78, 5) is 46.5. The van der Waals surface area contributed by atoms with Gasteiger partial charge in [-0.3, -0.25) is 19.2 Å². The maximum atomic E-state index is 11.8. The second-order valence-electron chi connectivity index (χ2n) is 7.88. The van der Waals surface area contributed by atoms with Gasteiger partial charge in [-0.25, -0.2) is 0 Å². The summed E-state index contributed by atoms with van der Waals surface area (Å²) in [5.41, 5.74) is 0. The van der Waals surface area contributed by atoms with Crippen molar-refractivity contribution in [2.24, 2.45) is 0 Å². The van der Waals surface area contributed by atoms with E-state index in [1.54, 1.807) is 0 Å². The number of esters is 4. The van der Waals surface area contributed by atoms with Gasteiger partial charge in [0.25, 0.3) is 0 Å². The number of hydrogen-bond donors (Lipinski definition) is 3. The third kappa shape index (κ3) is 7.07. The number of carbonyl (C=O) groups excluding carboxylic acids is 4. The number of carbonyl (C=O) groups is 4. The highest BCUT2D eigenvalue weighted by Gasteiger charge is 2.56. The molecular formula is C20H30O14. The van der Waals surface area contributed by atoms with Gasteiger partial charge < -0.3 is 48.5 Å². The molecule has 2 fully saturated rings. The number of hydrogen-bond acceptors (Lipinski definition) is 14. The Morgan fingerprint density at radius 2 is 1.38 bits per heavy atom. The van der Waals surface area contributed by atoms with E-state index in [1.165, 1.54) is 6.92 Å². The van der Waals surface area contributed by atoms with Crippen LogP contribution in [0, 0.1) is 0 Å². The second kappa shape index (κ2) is 11.9. The fourth-order valence-corrected chi connectivity index (χ4v) is 3.67. The maximum absolute atomic E-state index is 11.8. The molecule has 0 radical (unpaired) electrons. The van der Waals surface area contributed by atoms with Crippen LogP contribution in [0.15, 0.2) is 0 Å². The molecule has 1 unspecified atom stereocenters. The zero-order chi connectivity index (χ0) is 25.7. The lowest BCUT2D eigenvalue weighted by Crippen LogP contribution is -2.59. The van der Waals surface area contributed by atoms with Gasteiger partial charge in [-0.05, 0) is 6.92 Å². The van der Waals surface area contributed by atoms with E-state index < -0.39 is 91.9 Å². The summed E-state index contributed by atoms with van der Waals surface area (Å²) < 4.78 is 37.3. The first-order valence-electron chi connectivity index (χ1n) is 10.5. The van der Waals surface area contributed by atoms with Crippen LogP contribution in [0.25, 0.3) is 0 Å². The molecule has 0 saturated carbocycles. The van der Waals surface area contributed by atoms with Crippen molar-refractivity contribution in [3.05, 3.63) is 0 Å². The normalized spacial score (nSPS) is 36.3. The van der Waals surface area contributed by atoms with E-state index in [4.69, 9.17) is 33.2 Å². The first kappa shape index (κ1) is 27.9. The van der Waals surface area contributed by atoms with Crippen LogP contribution in [-0.2, 0) is 52.3 Å². The quantitative estimate of drug-likeness (QED) is 0.246. The van der Waals surface area contributed by atoms with E-state index >= 15 is 0 Å². The molecule has 194 valence electrons. The smallest absolute Gasteiger partial charge is 0.303 e. The van der Waals surface area contributed by atoms with Crippen molar-refractivity contribution in [1.82, 2.24) is 0 Å². The van der Waals surface area contributed by atoms with Crippen LogP contribution in [0.4, 0.5) is 0 Å². The highest BCUT2D eigenvalue weighted by atomic mass is 16.8. The lowest BCUT2D eigenvalue weighted by molar-refractivity contribution is -0.315. The molecule has 34 heavy (non-hydrogen) atoms. The van der Waals surface area contributed by atoms with Gasteiger partial charge in [0.05, 0.1) is 6.10 Å². The summed E-state index contributed by atoms with van der Waals surface area (Å²) in [5, 5.41) is 30.0. The molecule has 0 aliphatic carbocycles. The number of aliphatic hydroxyl groups excluding tert-OH is 3. The largest absolute Gasteiger partial charge is 0.462 e. The van der Waals surface area contributed by atoms with E-state index in [2.05, 4.69) is 0 Å². The monoisotopic (exact) mass is 494 g/mol. The molecule has 14 nitrogen and oxygen atoms in total. The second-order valence-corrected chi connectivity index (χ2v) is 7.88. The van der Waals surface area contributed by atoms with Crippen LogP contribution in [-0.4, -0.2) is 107 Å². The van der Waals surface area contributed by atoms with Gasteiger partial charge in [-0.1, -0.05) is 0 Å². The van der Waals surface area contributed by atoms with Gasteiger partial charge in [0, 0.05) is 27.7 Å². The van der Waals surface area contributed by atoms with E-state index in [0.29, 0.717) is 0 Å². The Morgan fingerprint density at radius 1 is 0.794 bits per heavy atom. The van der Waals surface area contributed by atoms with Crippen molar-refractivity contribution in [2.45, 2.75) is 96.0 Å². The van der Waals surface area contributed by atoms with Crippen molar-refractivity contribution in [2.75, 3.05) is 6.61 Å². The van der Waals surface area contributed by atoms with Crippen LogP contribution in [0.3, 0.4) is 0 Å². The summed E-state index contributed by atoms with van der Waals surface area (Å²) in [7, 11) is 0. The first-order valence-corrected chi connectivity index (χ1v) is 10.5. The molecule has 2 rings (SSSR count). The molecule has 0 bridgehead atoms. The van der Waals surface area contributed by atoms with Crippen molar-refractivity contribution in [3.63, 3.8) is 0 Å². The van der Waals surface area contributed by atoms with E-state index in [9.17, 15) is 34.5 Å². The van der Waals surface area contributed by atoms with Crippen LogP contribution in [0.5, 0.6) is 0 Å². The summed E-state index contributed by atoms with van der Waals surface area (Å²) >= 11 is 0. The molecule has 0 aromatic carbocycles. The van der Waals surface area contributed by atoms with Gasteiger partial charge >= 0.3 is 23.9 Å². The number of rotatable bonds is 8. The third-order valence-corrected chi connectivity index (χ3v) is 5.03. The summed E-state index contributed by atoms with van der Waals surface area (Å²) in [6.45, 7) is 5.36. The molecule has 2 aliphatic heterocycles. The van der Waals surface area contributed by atoms with E-state index in [-0.39, 0.29) is 0 Å². The Kier molecular flexibility index (Phi) is 9.73. The van der Waals surface area contributed by atoms with E-state index in [1.807, 2.05) is 0 Å². The molecular weight excluding hydrogens is 464 g/mol. The predicted octanol–water partition coefficient (Wildman–Crippen LogP) is -2.09. The number of aliphatic hydroxyl groups is 3. The van der Waals surface area contributed by atoms with Crippen molar-refractivity contribution in [1.29, 1.82) is 0 Å². The first-order chi connectivity index (χ1) is 15.8. The van der Waals surface area contributed by atoms with E-state index in [0.717, 1.165) is 27.7 Å². The fourth-order valence-electron chi connectivity index (χ4n) is 3.67. The lowest BCUT2D eigenvalue weighted by Gasteiger charge is -2.40. The topological polar surface area (TPSA) is 194 Å². The highest BCUT2D eigenvalue weighted by molar-refractivity contribution is 5.68. The van der Waals surface area contributed by atoms with Crippen molar-refractivity contribution >= 4 is 23.9 Å². The Labute approximate surface area is 194 Å². The molecule has 10 atom stereocenters. The predicted molar refractivity (Wildman–Crippen MR) is 105 cm³/mol. The van der Waals surface area contributed by atoms with Crippen LogP contribution >= 0.6 is 0 Å². The van der Waals surface area contributed by atoms with Crippen molar-refractivity contribution in [3.8, 4) is 0 Å². The SMILES string of the molecule is CC(=O)OCC(OC(C)=O)[C@@H]1O[C@@H](O[C@@H]2[C@@H](O)[C@@H](O)[C@H](O)O[C@H]2C)[C@H](OC(C)=O)[C@H]1OC(C)=O. The molecule has 2 heterocycles. The third-order valence-electron chi connectivity index (χ3n) is 5.03. The molecule has 0 spiro atoms.